The van der Waals surface area contributed by atoms with Crippen molar-refractivity contribution in [1.82, 2.24) is 0 Å². The predicted molar refractivity (Wildman–Crippen MR) is 100 cm³/mol. The van der Waals surface area contributed by atoms with Gasteiger partial charge < -0.3 is 0 Å². The Kier molecular flexibility index (Phi) is 5.55. The van der Waals surface area contributed by atoms with Gasteiger partial charge in [0.25, 0.3) is 0 Å². The van der Waals surface area contributed by atoms with E-state index in [1.54, 1.807) is 0 Å². The summed E-state index contributed by atoms with van der Waals surface area (Å²) in [6.45, 7) is 0. The second-order valence-electron chi connectivity index (χ2n) is 5.72. The summed E-state index contributed by atoms with van der Waals surface area (Å²) in [5.41, 5.74) is 0. The van der Waals surface area contributed by atoms with E-state index in [0.717, 1.165) is 19.3 Å². The van der Waals surface area contributed by atoms with Gasteiger partial charge in [-0.15, -0.1) is 0 Å². The van der Waals surface area contributed by atoms with Gasteiger partial charge in [0, 0.05) is 0 Å². The van der Waals surface area contributed by atoms with Crippen LogP contribution in [0.25, 0.3) is 0 Å². The van der Waals surface area contributed by atoms with Gasteiger partial charge in [-0.25, -0.2) is 0 Å². The topological polar surface area (TPSA) is 20.2 Å². The molecule has 1 fully saturated rings. The van der Waals surface area contributed by atoms with Gasteiger partial charge in [0.15, 0.2) is 0 Å². The third-order valence-corrected chi connectivity index (χ3v) is 16.7. The van der Waals surface area contributed by atoms with Crippen LogP contribution < -0.4 is 10.6 Å². The molecule has 0 aliphatic heterocycles. The molecule has 2 aromatic rings. The summed E-state index contributed by atoms with van der Waals surface area (Å²) in [5, 5.41) is 13.0. The van der Waals surface area contributed by atoms with Crippen molar-refractivity contribution in [2.24, 2.45) is 0 Å². The molecule has 2 aromatic carbocycles. The van der Waals surface area contributed by atoms with Gasteiger partial charge >= 0.3 is 144 Å². The first-order valence-electron chi connectivity index (χ1n) is 7.78. The van der Waals surface area contributed by atoms with Crippen LogP contribution in [0.2, 0.25) is 4.82 Å². The van der Waals surface area contributed by atoms with Gasteiger partial charge in [-0.3, -0.25) is 0 Å². The van der Waals surface area contributed by atoms with Gasteiger partial charge in [0.05, 0.1) is 0 Å². The Morgan fingerprint density at radius 1 is 0.864 bits per heavy atom. The molecule has 0 spiro atoms. The van der Waals surface area contributed by atoms with Crippen molar-refractivity contribution in [3.63, 3.8) is 0 Å². The minimum absolute atomic E-state index is 0.150. The van der Waals surface area contributed by atoms with Gasteiger partial charge in [0.1, 0.15) is 0 Å². The SMILES string of the molecule is OC1CCCCC1[Se]P(=S)(c1ccccc1)c1ccccc1. The maximum atomic E-state index is 10.4. The Morgan fingerprint density at radius 2 is 1.36 bits per heavy atom. The van der Waals surface area contributed by atoms with E-state index in [1.807, 2.05) is 0 Å². The van der Waals surface area contributed by atoms with Crippen molar-refractivity contribution < 1.29 is 5.11 Å². The number of aliphatic hydroxyl groups excluding tert-OH is 1. The Balaban J connectivity index is 1.98. The van der Waals surface area contributed by atoms with Crippen LogP contribution in [0.5, 0.6) is 0 Å². The minimum atomic E-state index is -1.79. The van der Waals surface area contributed by atoms with E-state index >= 15 is 0 Å². The van der Waals surface area contributed by atoms with Crippen LogP contribution in [0.4, 0.5) is 0 Å². The molecular weight excluding hydrogens is 374 g/mol. The van der Waals surface area contributed by atoms with Gasteiger partial charge in [-0.1, -0.05) is 0 Å². The zero-order valence-corrected chi connectivity index (χ0v) is 15.9. The molecular formula is C18H21OPSSe. The number of hydrogen-bond donors (Lipinski definition) is 1. The number of benzene rings is 2. The van der Waals surface area contributed by atoms with E-state index in [4.69, 9.17) is 11.8 Å². The van der Waals surface area contributed by atoms with Crippen molar-refractivity contribution in [2.45, 2.75) is 36.6 Å². The van der Waals surface area contributed by atoms with E-state index < -0.39 is 4.73 Å². The van der Waals surface area contributed by atoms with Gasteiger partial charge in [-0.2, -0.15) is 0 Å². The molecule has 0 heterocycles. The second-order valence-corrected chi connectivity index (χ2v) is 17.3. The van der Waals surface area contributed by atoms with Crippen LogP contribution in [0, 0.1) is 0 Å². The molecule has 1 nitrogen and oxygen atoms in total. The molecule has 1 N–H and O–H groups in total. The van der Waals surface area contributed by atoms with Crippen molar-refractivity contribution >= 4 is 41.7 Å². The normalized spacial score (nSPS) is 22.4. The average Bonchev–Trinajstić information content (AvgIpc) is 2.58. The summed E-state index contributed by atoms with van der Waals surface area (Å²) in [6, 6.07) is 21.2. The van der Waals surface area contributed by atoms with Crippen molar-refractivity contribution in [2.75, 3.05) is 0 Å². The summed E-state index contributed by atoms with van der Waals surface area (Å²) >= 11 is 6.55. The molecule has 0 radical (unpaired) electrons. The van der Waals surface area contributed by atoms with Gasteiger partial charge in [0.2, 0.25) is 0 Å². The molecule has 2 unspecified atom stereocenters. The van der Waals surface area contributed by atoms with E-state index in [2.05, 4.69) is 60.7 Å². The zero-order valence-electron chi connectivity index (χ0n) is 12.5. The molecule has 4 heteroatoms. The first-order valence-corrected chi connectivity index (χ1v) is 13.8. The number of rotatable bonds is 4. The number of hydrogen-bond acceptors (Lipinski definition) is 2. The molecule has 0 amide bonds. The molecule has 0 saturated heterocycles. The zero-order chi connectivity index (χ0) is 15.4. The van der Waals surface area contributed by atoms with E-state index in [-0.39, 0.29) is 20.6 Å². The summed E-state index contributed by atoms with van der Waals surface area (Å²) in [6.07, 6.45) is 4.34. The molecule has 3 rings (SSSR count). The molecule has 0 bridgehead atoms. The molecule has 22 heavy (non-hydrogen) atoms. The summed E-state index contributed by atoms with van der Waals surface area (Å²) in [7, 11) is 0. The summed E-state index contributed by atoms with van der Waals surface area (Å²) in [4.78, 5) is 0.410. The molecule has 1 aliphatic carbocycles. The van der Waals surface area contributed by atoms with E-state index in [1.165, 1.54) is 17.0 Å². The second kappa shape index (κ2) is 7.43. The Hall–Kier alpha value is -0.431. The standard InChI is InChI=1S/C18H21OPSSe/c19-17-13-7-8-14-18(17)22-20(21,15-9-3-1-4-10-15)16-11-5-2-6-12-16/h1-6,9-12,17-19H,7-8,13-14H2. The first-order chi connectivity index (χ1) is 10.7. The molecule has 1 aliphatic rings. The van der Waals surface area contributed by atoms with Crippen LogP contribution in [0.3, 0.4) is 0 Å². The van der Waals surface area contributed by atoms with E-state index in [9.17, 15) is 5.11 Å². The van der Waals surface area contributed by atoms with E-state index in [0.29, 0.717) is 4.82 Å². The van der Waals surface area contributed by atoms with Crippen LogP contribution in [-0.4, -0.2) is 25.7 Å². The maximum absolute atomic E-state index is 10.4. The molecule has 1 saturated carbocycles. The van der Waals surface area contributed by atoms with Crippen LogP contribution in [0.1, 0.15) is 25.7 Å². The van der Waals surface area contributed by atoms with Crippen molar-refractivity contribution in [1.29, 1.82) is 0 Å². The first kappa shape index (κ1) is 16.4. The third-order valence-electron chi connectivity index (χ3n) is 4.14. The predicted octanol–water partition coefficient (Wildman–Crippen LogP) is 3.46. The quantitative estimate of drug-likeness (QED) is 0.632. The molecule has 2 atom stereocenters. The third kappa shape index (κ3) is 3.55. The van der Waals surface area contributed by atoms with Gasteiger partial charge in [-0.05, 0) is 0 Å². The number of aliphatic hydroxyl groups is 1. The fourth-order valence-corrected chi connectivity index (χ4v) is 15.3. The Labute approximate surface area is 143 Å². The Bertz CT molecular complexity index is 603. The fraction of sp³-hybridized carbons (Fsp3) is 0.333. The molecule has 116 valence electrons. The summed E-state index contributed by atoms with van der Waals surface area (Å²) < 4.78 is -1.79. The van der Waals surface area contributed by atoms with Crippen LogP contribution in [-0.2, 0) is 11.8 Å². The average molecular weight is 395 g/mol. The van der Waals surface area contributed by atoms with Crippen molar-refractivity contribution in [3.05, 3.63) is 60.7 Å². The van der Waals surface area contributed by atoms with Crippen molar-refractivity contribution in [3.8, 4) is 0 Å². The molecule has 0 aromatic heterocycles. The Morgan fingerprint density at radius 3 is 1.86 bits per heavy atom. The summed E-state index contributed by atoms with van der Waals surface area (Å²) in [5.74, 6) is 0. The van der Waals surface area contributed by atoms with Crippen LogP contribution in [0.15, 0.2) is 60.7 Å². The monoisotopic (exact) mass is 396 g/mol. The van der Waals surface area contributed by atoms with Crippen LogP contribution >= 0.6 is 4.73 Å². The fourth-order valence-electron chi connectivity index (χ4n) is 2.91.